The second-order valence-electron chi connectivity index (χ2n) is 10.2. The molecule has 36 heavy (non-hydrogen) atoms. The maximum atomic E-state index is 13.3. The van der Waals surface area contributed by atoms with Gasteiger partial charge in [-0.25, -0.2) is 4.79 Å². The average molecular weight is 536 g/mol. The lowest BCUT2D eigenvalue weighted by atomic mass is 9.81. The molecule has 0 spiro atoms. The third kappa shape index (κ3) is 6.32. The Kier molecular flexibility index (Phi) is 8.58. The van der Waals surface area contributed by atoms with Gasteiger partial charge in [-0.2, -0.15) is 0 Å². The Balaban J connectivity index is 1.79. The highest BCUT2D eigenvalue weighted by molar-refractivity contribution is 7.13. The summed E-state index contributed by atoms with van der Waals surface area (Å²) in [5.41, 5.74) is 2.71. The quantitative estimate of drug-likeness (QED) is 0.352. The van der Waals surface area contributed by atoms with E-state index in [0.717, 1.165) is 24.0 Å². The van der Waals surface area contributed by atoms with Crippen LogP contribution in [0.25, 0.3) is 0 Å². The summed E-state index contributed by atoms with van der Waals surface area (Å²) in [6.07, 6.45) is 1.75. The number of likely N-dealkylation sites (tertiary alicyclic amines) is 1. The van der Waals surface area contributed by atoms with E-state index >= 15 is 0 Å². The van der Waals surface area contributed by atoms with E-state index < -0.39 is 5.97 Å². The van der Waals surface area contributed by atoms with Crippen LogP contribution in [0.4, 0.5) is 11.4 Å². The van der Waals surface area contributed by atoms with Crippen molar-refractivity contribution in [1.82, 2.24) is 5.32 Å². The van der Waals surface area contributed by atoms with Gasteiger partial charge in [-0.05, 0) is 41.1 Å². The minimum Gasteiger partial charge on any atom is -0.465 e. The molecule has 2 aromatic heterocycles. The number of hydrogen-bond donors (Lipinski definition) is 3. The van der Waals surface area contributed by atoms with Crippen LogP contribution in [0.2, 0.25) is 0 Å². The highest BCUT2D eigenvalue weighted by atomic mass is 32.1. The molecular formula is C25H35N4O5S2+. The number of rotatable bonds is 8. The Morgan fingerprint density at radius 1 is 0.917 bits per heavy atom. The molecule has 1 aliphatic rings. The highest BCUT2D eigenvalue weighted by Crippen LogP contribution is 2.35. The van der Waals surface area contributed by atoms with Crippen molar-refractivity contribution in [2.75, 3.05) is 51.0 Å². The molecule has 3 heterocycles. The van der Waals surface area contributed by atoms with Crippen molar-refractivity contribution < 1.29 is 28.4 Å². The number of nitrogens with zero attached hydrogens (tertiary/aromatic N) is 1. The van der Waals surface area contributed by atoms with E-state index in [9.17, 15) is 19.2 Å². The van der Waals surface area contributed by atoms with E-state index in [-0.39, 0.29) is 36.2 Å². The van der Waals surface area contributed by atoms with Crippen LogP contribution in [0.5, 0.6) is 0 Å². The number of thiophene rings is 2. The Morgan fingerprint density at radius 2 is 1.39 bits per heavy atom. The van der Waals surface area contributed by atoms with Crippen LogP contribution in [0, 0.1) is 19.3 Å². The molecule has 0 aromatic carbocycles. The number of amides is 3. The number of hydrogen-bond acceptors (Lipinski definition) is 7. The molecule has 0 bridgehead atoms. The van der Waals surface area contributed by atoms with Crippen LogP contribution in [-0.4, -0.2) is 68.5 Å². The molecule has 0 saturated carbocycles. The monoisotopic (exact) mass is 535 g/mol. The minimum absolute atomic E-state index is 0.102. The molecule has 2 aromatic rings. The summed E-state index contributed by atoms with van der Waals surface area (Å²) in [5, 5.41) is 12.1. The number of ether oxygens (including phenoxy) is 1. The van der Waals surface area contributed by atoms with Crippen LogP contribution in [0.1, 0.15) is 57.2 Å². The van der Waals surface area contributed by atoms with E-state index in [2.05, 4.69) is 29.8 Å². The molecule has 1 aliphatic heterocycles. The third-order valence-corrected chi connectivity index (χ3v) is 8.94. The lowest BCUT2D eigenvalue weighted by Crippen LogP contribution is -2.60. The third-order valence-electron chi connectivity index (χ3n) is 6.77. The van der Waals surface area contributed by atoms with E-state index in [1.54, 1.807) is 12.4 Å². The molecule has 0 aliphatic carbocycles. The van der Waals surface area contributed by atoms with Gasteiger partial charge in [0.1, 0.15) is 9.75 Å². The van der Waals surface area contributed by atoms with E-state index in [1.807, 2.05) is 19.2 Å². The van der Waals surface area contributed by atoms with Gasteiger partial charge >= 0.3 is 5.97 Å². The second kappa shape index (κ2) is 11.1. The number of carbonyl (C=O) groups is 4. The zero-order valence-electron chi connectivity index (χ0n) is 21.7. The SMILES string of the molecule is CNC(=O)c1scc(C)c1NC(=O)C[N+]1(CC(=O)Nc2c(C)csc2C(=O)OC)CCC(C)(C)CC1. The first-order valence-corrected chi connectivity index (χ1v) is 13.6. The molecule has 11 heteroatoms. The number of esters is 1. The first-order chi connectivity index (χ1) is 16.9. The molecule has 1 saturated heterocycles. The topological polar surface area (TPSA) is 114 Å². The van der Waals surface area contributed by atoms with Gasteiger partial charge in [-0.3, -0.25) is 14.4 Å². The predicted molar refractivity (Wildman–Crippen MR) is 143 cm³/mol. The molecular weight excluding hydrogens is 500 g/mol. The Hall–Kier alpha value is -2.76. The van der Waals surface area contributed by atoms with Gasteiger partial charge in [0.15, 0.2) is 13.1 Å². The summed E-state index contributed by atoms with van der Waals surface area (Å²) in [7, 11) is 2.86. The van der Waals surface area contributed by atoms with Crippen molar-refractivity contribution in [2.45, 2.75) is 40.5 Å². The largest absolute Gasteiger partial charge is 0.465 e. The first kappa shape index (κ1) is 27.8. The van der Waals surface area contributed by atoms with Crippen LogP contribution in [0.3, 0.4) is 0 Å². The number of aryl methyl sites for hydroxylation is 2. The summed E-state index contributed by atoms with van der Waals surface area (Å²) in [6, 6.07) is 0. The zero-order valence-corrected chi connectivity index (χ0v) is 23.3. The van der Waals surface area contributed by atoms with E-state index in [1.165, 1.54) is 29.8 Å². The molecule has 0 atom stereocenters. The normalized spacial score (nSPS) is 16.2. The van der Waals surface area contributed by atoms with Gasteiger partial charge in [0.25, 0.3) is 17.7 Å². The fourth-order valence-electron chi connectivity index (χ4n) is 4.38. The first-order valence-electron chi connectivity index (χ1n) is 11.8. The number of carbonyl (C=O) groups excluding carboxylic acids is 4. The Morgan fingerprint density at radius 3 is 1.86 bits per heavy atom. The fraction of sp³-hybridized carbons (Fsp3) is 0.520. The molecule has 1 fully saturated rings. The van der Waals surface area contributed by atoms with Crippen molar-refractivity contribution in [3.63, 3.8) is 0 Å². The van der Waals surface area contributed by atoms with Crippen molar-refractivity contribution in [3.05, 3.63) is 31.6 Å². The molecule has 0 unspecified atom stereocenters. The standard InChI is InChI=1S/C25H34N4O5S2/c1-15-13-35-21(23(32)26-5)19(15)27-17(30)11-29(9-7-25(3,4)8-10-29)12-18(31)28-20-16(2)14-36-22(20)24(33)34-6/h13-14H,7-12H2,1-6H3,(H2-,26,27,28,30,31,32,33)/p+1. The summed E-state index contributed by atoms with van der Waals surface area (Å²) in [5.74, 6) is -1.24. The molecule has 3 amide bonds. The predicted octanol–water partition coefficient (Wildman–Crippen LogP) is 3.79. The molecule has 3 N–H and O–H groups in total. The smallest absolute Gasteiger partial charge is 0.350 e. The molecule has 3 rings (SSSR count). The van der Waals surface area contributed by atoms with Crippen LogP contribution >= 0.6 is 22.7 Å². The van der Waals surface area contributed by atoms with Crippen LogP contribution in [-0.2, 0) is 14.3 Å². The van der Waals surface area contributed by atoms with Gasteiger partial charge in [-0.15, -0.1) is 22.7 Å². The van der Waals surface area contributed by atoms with Crippen LogP contribution < -0.4 is 16.0 Å². The number of anilines is 2. The van der Waals surface area contributed by atoms with E-state index in [4.69, 9.17) is 4.74 Å². The summed E-state index contributed by atoms with van der Waals surface area (Å²) >= 11 is 2.51. The van der Waals surface area contributed by atoms with Crippen molar-refractivity contribution >= 4 is 57.7 Å². The maximum absolute atomic E-state index is 13.3. The van der Waals surface area contributed by atoms with Crippen molar-refractivity contribution in [3.8, 4) is 0 Å². The highest BCUT2D eigenvalue weighted by Gasteiger charge is 2.41. The number of nitrogens with one attached hydrogen (secondary N) is 3. The molecule has 0 radical (unpaired) electrons. The Labute approximate surface area is 219 Å². The molecule has 196 valence electrons. The maximum Gasteiger partial charge on any atom is 0.350 e. The summed E-state index contributed by atoms with van der Waals surface area (Å²) < 4.78 is 5.15. The minimum atomic E-state index is -0.496. The fourth-order valence-corrected chi connectivity index (χ4v) is 6.25. The van der Waals surface area contributed by atoms with Gasteiger partial charge < -0.3 is 25.2 Å². The summed E-state index contributed by atoms with van der Waals surface area (Å²) in [4.78, 5) is 51.7. The van der Waals surface area contributed by atoms with Gasteiger partial charge in [0.2, 0.25) is 0 Å². The Bertz CT molecular complexity index is 1080. The lowest BCUT2D eigenvalue weighted by molar-refractivity contribution is -0.919. The average Bonchev–Trinajstić information content (AvgIpc) is 3.37. The lowest BCUT2D eigenvalue weighted by Gasteiger charge is -2.45. The van der Waals surface area contributed by atoms with Gasteiger partial charge in [0, 0.05) is 19.9 Å². The van der Waals surface area contributed by atoms with Gasteiger partial charge in [-0.1, -0.05) is 13.8 Å². The molecule has 9 nitrogen and oxygen atoms in total. The number of quaternary nitrogens is 1. The van der Waals surface area contributed by atoms with Crippen LogP contribution in [0.15, 0.2) is 10.8 Å². The van der Waals surface area contributed by atoms with Gasteiger partial charge in [0.05, 0.1) is 31.6 Å². The number of piperidine rings is 1. The second-order valence-corrected chi connectivity index (χ2v) is 11.9. The van der Waals surface area contributed by atoms with Crippen molar-refractivity contribution in [2.24, 2.45) is 5.41 Å². The summed E-state index contributed by atoms with van der Waals surface area (Å²) in [6.45, 7) is 9.62. The number of methoxy groups -OCH3 is 1. The van der Waals surface area contributed by atoms with E-state index in [0.29, 0.717) is 38.7 Å². The zero-order chi connectivity index (χ0) is 26.7. The van der Waals surface area contributed by atoms with Crippen molar-refractivity contribution in [1.29, 1.82) is 0 Å².